The Balaban J connectivity index is 1.49. The maximum absolute atomic E-state index is 13.3. The molecule has 182 valence electrons. The number of aromatic nitrogens is 2. The summed E-state index contributed by atoms with van der Waals surface area (Å²) >= 11 is 0. The van der Waals surface area contributed by atoms with Gasteiger partial charge in [0.15, 0.2) is 0 Å². The van der Waals surface area contributed by atoms with Crippen molar-refractivity contribution in [3.63, 3.8) is 0 Å². The number of alkyl halides is 2. The molecule has 0 unspecified atom stereocenters. The molecule has 1 amide bonds. The molecule has 2 aromatic carbocycles. The topological polar surface area (TPSA) is 108 Å². The fourth-order valence-corrected chi connectivity index (χ4v) is 5.25. The van der Waals surface area contributed by atoms with Crippen LogP contribution in [-0.4, -0.2) is 68.7 Å². The van der Waals surface area contributed by atoms with Gasteiger partial charge in [0, 0.05) is 42.5 Å². The van der Waals surface area contributed by atoms with E-state index in [0.29, 0.717) is 18.9 Å². The Morgan fingerprint density at radius 2 is 2.00 bits per heavy atom. The molecule has 1 aliphatic rings. The van der Waals surface area contributed by atoms with Gasteiger partial charge in [0.1, 0.15) is 4.90 Å². The number of anilines is 2. The van der Waals surface area contributed by atoms with Crippen LogP contribution in [0.2, 0.25) is 0 Å². The van der Waals surface area contributed by atoms with Crippen molar-refractivity contribution in [1.29, 1.82) is 0 Å². The number of H-pyrrole nitrogens is 1. The van der Waals surface area contributed by atoms with Crippen LogP contribution in [0, 0.1) is 6.92 Å². The van der Waals surface area contributed by atoms with Gasteiger partial charge in [-0.2, -0.15) is 9.40 Å². The van der Waals surface area contributed by atoms with Crippen LogP contribution >= 0.6 is 0 Å². The second-order valence-electron chi connectivity index (χ2n) is 8.06. The van der Waals surface area contributed by atoms with E-state index in [-0.39, 0.29) is 15.8 Å². The molecule has 0 spiro atoms. The first-order valence-corrected chi connectivity index (χ1v) is 12.1. The number of ether oxygens (including phenoxy) is 1. The van der Waals surface area contributed by atoms with Gasteiger partial charge in [-0.15, -0.1) is 0 Å². The second-order valence-corrected chi connectivity index (χ2v) is 10.1. The van der Waals surface area contributed by atoms with Crippen LogP contribution in [-0.2, 0) is 19.6 Å². The summed E-state index contributed by atoms with van der Waals surface area (Å²) in [4.78, 5) is 14.4. The molecule has 0 bridgehead atoms. The quantitative estimate of drug-likeness (QED) is 0.524. The third kappa shape index (κ3) is 4.88. The van der Waals surface area contributed by atoms with Gasteiger partial charge in [0.05, 0.1) is 31.5 Å². The van der Waals surface area contributed by atoms with Crippen molar-refractivity contribution < 1.29 is 26.7 Å². The molecule has 0 radical (unpaired) electrons. The van der Waals surface area contributed by atoms with Crippen LogP contribution in [0.25, 0.3) is 10.9 Å². The molecule has 1 aliphatic heterocycles. The molecule has 2 N–H and O–H groups in total. The predicted octanol–water partition coefficient (Wildman–Crippen LogP) is 2.90. The first kappa shape index (κ1) is 24.0. The number of nitrogens with zero attached hydrogens (tertiary/aromatic N) is 3. The van der Waals surface area contributed by atoms with Crippen molar-refractivity contribution in [3.05, 3.63) is 47.7 Å². The zero-order valence-electron chi connectivity index (χ0n) is 18.7. The number of rotatable bonds is 7. The van der Waals surface area contributed by atoms with Gasteiger partial charge in [0.25, 0.3) is 6.43 Å². The van der Waals surface area contributed by atoms with Crippen LogP contribution in [0.4, 0.5) is 20.2 Å². The van der Waals surface area contributed by atoms with E-state index >= 15 is 0 Å². The number of benzene rings is 2. The Morgan fingerprint density at radius 3 is 2.68 bits per heavy atom. The standard InChI is InChI=1S/C22H25F2N5O4S/c1-14-9-17(3-4-18(14)29-5-7-33-8-6-29)26-20(30)13-28(2)34(31,32)19-11-15(22(23)24)10-16-12-25-27-21(16)19/h3-4,9-12,22H,5-8,13H2,1-2H3,(H,25,27)(H,26,30). The molecular formula is C22H25F2N5O4S. The number of carbonyl (C=O) groups is 1. The van der Waals surface area contributed by atoms with Crippen molar-refractivity contribution in [1.82, 2.24) is 14.5 Å². The summed E-state index contributed by atoms with van der Waals surface area (Å²) in [6.07, 6.45) is -1.58. The number of aromatic amines is 1. The Hall–Kier alpha value is -3.09. The number of nitrogens with one attached hydrogen (secondary N) is 2. The van der Waals surface area contributed by atoms with Crippen molar-refractivity contribution in [2.45, 2.75) is 18.2 Å². The monoisotopic (exact) mass is 493 g/mol. The molecule has 34 heavy (non-hydrogen) atoms. The minimum atomic E-state index is -4.26. The van der Waals surface area contributed by atoms with E-state index < -0.39 is 34.5 Å². The molecule has 0 aliphatic carbocycles. The number of hydrogen-bond donors (Lipinski definition) is 2. The molecule has 9 nitrogen and oxygen atoms in total. The average molecular weight is 494 g/mol. The molecule has 12 heteroatoms. The summed E-state index contributed by atoms with van der Waals surface area (Å²) < 4.78 is 59.0. The van der Waals surface area contributed by atoms with Crippen molar-refractivity contribution in [2.75, 3.05) is 50.1 Å². The van der Waals surface area contributed by atoms with E-state index in [0.717, 1.165) is 34.7 Å². The molecule has 1 saturated heterocycles. The van der Waals surface area contributed by atoms with E-state index in [1.807, 2.05) is 19.1 Å². The summed E-state index contributed by atoms with van der Waals surface area (Å²) in [6.45, 7) is 4.31. The van der Waals surface area contributed by atoms with Crippen LogP contribution in [0.1, 0.15) is 17.6 Å². The Labute approximate surface area is 195 Å². The van der Waals surface area contributed by atoms with Gasteiger partial charge in [-0.25, -0.2) is 17.2 Å². The fourth-order valence-electron chi connectivity index (χ4n) is 3.92. The summed E-state index contributed by atoms with van der Waals surface area (Å²) in [7, 11) is -3.04. The predicted molar refractivity (Wildman–Crippen MR) is 124 cm³/mol. The number of hydrogen-bond acceptors (Lipinski definition) is 6. The Morgan fingerprint density at radius 1 is 1.26 bits per heavy atom. The number of sulfonamides is 1. The van der Waals surface area contributed by atoms with Gasteiger partial charge in [-0.05, 0) is 42.8 Å². The smallest absolute Gasteiger partial charge is 0.263 e. The van der Waals surface area contributed by atoms with E-state index in [1.165, 1.54) is 19.3 Å². The van der Waals surface area contributed by atoms with E-state index in [4.69, 9.17) is 4.74 Å². The molecule has 0 atom stereocenters. The van der Waals surface area contributed by atoms with Crippen LogP contribution in [0.3, 0.4) is 0 Å². The minimum Gasteiger partial charge on any atom is -0.378 e. The van der Waals surface area contributed by atoms with E-state index in [1.54, 1.807) is 6.07 Å². The zero-order chi connectivity index (χ0) is 24.5. The van der Waals surface area contributed by atoms with Gasteiger partial charge >= 0.3 is 0 Å². The van der Waals surface area contributed by atoms with Gasteiger partial charge in [0.2, 0.25) is 15.9 Å². The molecule has 1 aromatic heterocycles. The number of halogens is 2. The highest BCUT2D eigenvalue weighted by molar-refractivity contribution is 7.89. The summed E-state index contributed by atoms with van der Waals surface area (Å²) in [5, 5.41) is 9.23. The highest BCUT2D eigenvalue weighted by atomic mass is 32.2. The summed E-state index contributed by atoms with van der Waals surface area (Å²) in [5.41, 5.74) is 2.20. The van der Waals surface area contributed by atoms with E-state index in [2.05, 4.69) is 20.4 Å². The highest BCUT2D eigenvalue weighted by Gasteiger charge is 2.28. The highest BCUT2D eigenvalue weighted by Crippen LogP contribution is 2.30. The van der Waals surface area contributed by atoms with Crippen molar-refractivity contribution >= 4 is 38.2 Å². The lowest BCUT2D eigenvalue weighted by atomic mass is 10.1. The molecular weight excluding hydrogens is 468 g/mol. The number of aryl methyl sites for hydroxylation is 1. The molecule has 4 rings (SSSR count). The van der Waals surface area contributed by atoms with Crippen molar-refractivity contribution in [3.8, 4) is 0 Å². The van der Waals surface area contributed by atoms with Gasteiger partial charge in [-0.1, -0.05) is 0 Å². The second kappa shape index (κ2) is 9.65. The lowest BCUT2D eigenvalue weighted by molar-refractivity contribution is -0.116. The van der Waals surface area contributed by atoms with Gasteiger partial charge < -0.3 is 15.0 Å². The normalized spacial score (nSPS) is 14.8. The average Bonchev–Trinajstić information content (AvgIpc) is 3.27. The van der Waals surface area contributed by atoms with Gasteiger partial charge in [-0.3, -0.25) is 9.89 Å². The number of amides is 1. The lowest BCUT2D eigenvalue weighted by Crippen LogP contribution is -2.36. The minimum absolute atomic E-state index is 0.103. The molecule has 3 aromatic rings. The molecule has 2 heterocycles. The van der Waals surface area contributed by atoms with Crippen LogP contribution in [0.5, 0.6) is 0 Å². The fraction of sp³-hybridized carbons (Fsp3) is 0.364. The first-order valence-electron chi connectivity index (χ1n) is 10.6. The molecule has 1 fully saturated rings. The van der Waals surface area contributed by atoms with Crippen LogP contribution < -0.4 is 10.2 Å². The number of morpholine rings is 1. The first-order chi connectivity index (χ1) is 16.2. The number of likely N-dealkylation sites (N-methyl/N-ethyl adjacent to an activating group) is 1. The third-order valence-corrected chi connectivity index (χ3v) is 7.50. The third-order valence-electron chi connectivity index (χ3n) is 5.67. The maximum atomic E-state index is 13.3. The zero-order valence-corrected chi connectivity index (χ0v) is 19.5. The number of carbonyl (C=O) groups excluding carboxylic acids is 1. The maximum Gasteiger partial charge on any atom is 0.263 e. The summed E-state index contributed by atoms with van der Waals surface area (Å²) in [5.74, 6) is -0.560. The van der Waals surface area contributed by atoms with Crippen LogP contribution in [0.15, 0.2) is 41.4 Å². The molecule has 0 saturated carbocycles. The Bertz CT molecular complexity index is 1310. The Kier molecular flexibility index (Phi) is 6.82. The summed E-state index contributed by atoms with van der Waals surface area (Å²) in [6, 6.07) is 7.56. The van der Waals surface area contributed by atoms with Crippen molar-refractivity contribution in [2.24, 2.45) is 0 Å². The largest absolute Gasteiger partial charge is 0.378 e. The van der Waals surface area contributed by atoms with E-state index in [9.17, 15) is 22.0 Å². The SMILES string of the molecule is Cc1cc(NC(=O)CN(C)S(=O)(=O)c2cc(C(F)F)cc3cn[nH]c23)ccc1N1CCOCC1. The number of fused-ring (bicyclic) bond motifs is 1. The lowest BCUT2D eigenvalue weighted by Gasteiger charge is -2.30.